The zero-order valence-electron chi connectivity index (χ0n) is 51.8. The van der Waals surface area contributed by atoms with Gasteiger partial charge in [0.2, 0.25) is 70.9 Å². The average molecular weight is 1300 g/mol. The van der Waals surface area contributed by atoms with E-state index in [1.165, 1.54) is 66.0 Å². The van der Waals surface area contributed by atoms with Crippen molar-refractivity contribution >= 4 is 82.6 Å². The minimum absolute atomic E-state index is 0.0243. The highest BCUT2D eigenvalue weighted by Crippen LogP contribution is 2.24. The second kappa shape index (κ2) is 33.8. The van der Waals surface area contributed by atoms with E-state index in [1.54, 1.807) is 74.5 Å². The highest BCUT2D eigenvalue weighted by atomic mass is 32.2. The van der Waals surface area contributed by atoms with Crippen molar-refractivity contribution in [3.8, 4) is 5.75 Å². The third kappa shape index (κ3) is 21.2. The molecule has 2 aliphatic rings. The van der Waals surface area contributed by atoms with Gasteiger partial charge in [0.05, 0.1) is 25.0 Å². The maximum absolute atomic E-state index is 15.1. The van der Waals surface area contributed by atoms with Gasteiger partial charge in [0.1, 0.15) is 66.2 Å². The van der Waals surface area contributed by atoms with Gasteiger partial charge in [-0.05, 0) is 53.5 Å². The Labute approximate surface area is 540 Å². The van der Waals surface area contributed by atoms with Crippen LogP contribution in [-0.4, -0.2) is 173 Å². The number of aromatic hydroxyl groups is 1. The number of aromatic nitrogens is 4. The van der Waals surface area contributed by atoms with Crippen molar-refractivity contribution in [3.63, 3.8) is 0 Å². The Kier molecular flexibility index (Phi) is 25.6. The van der Waals surface area contributed by atoms with E-state index in [1.807, 2.05) is 13.8 Å². The summed E-state index contributed by atoms with van der Waals surface area (Å²) >= 11 is 1.23. The summed E-state index contributed by atoms with van der Waals surface area (Å²) in [7, 11) is 0. The second-order valence-electron chi connectivity index (χ2n) is 23.7. The number of hydrogen-bond donors (Lipinski definition) is 14. The Morgan fingerprint density at radius 2 is 0.925 bits per heavy atom. The summed E-state index contributed by atoms with van der Waals surface area (Å²) in [4.78, 5) is 188. The molecule has 496 valence electrons. The number of nitrogens with one attached hydrogen (secondary N) is 11. The first-order valence-electron chi connectivity index (χ1n) is 30.4. The number of H-pyrrole nitrogens is 2. The lowest BCUT2D eigenvalue weighted by atomic mass is 9.99. The normalized spacial score (nSPS) is 23.8. The predicted octanol–water partition coefficient (Wildman–Crippen LogP) is -1.53. The first kappa shape index (κ1) is 70.3. The van der Waals surface area contributed by atoms with Gasteiger partial charge in [-0.15, -0.1) is 11.8 Å². The van der Waals surface area contributed by atoms with Crippen LogP contribution >= 0.6 is 11.8 Å². The fourth-order valence-corrected chi connectivity index (χ4v) is 11.7. The molecule has 0 radical (unpaired) electrons. The molecular weight excluding hydrogens is 1220 g/mol. The van der Waals surface area contributed by atoms with Gasteiger partial charge >= 0.3 is 0 Å². The number of thioether (sulfide) groups is 1. The van der Waals surface area contributed by atoms with Gasteiger partial charge in [-0.1, -0.05) is 100 Å². The first-order valence-corrected chi connectivity index (χ1v) is 31.5. The van der Waals surface area contributed by atoms with Crippen molar-refractivity contribution in [2.24, 2.45) is 23.3 Å². The molecule has 2 aliphatic heterocycles. The molecule has 12 amide bonds. The molecule has 2 aromatic heterocycles. The van der Waals surface area contributed by atoms with Gasteiger partial charge in [-0.3, -0.25) is 57.5 Å². The summed E-state index contributed by atoms with van der Waals surface area (Å²) in [5.74, 6) is -12.2. The molecule has 0 spiro atoms. The zero-order chi connectivity index (χ0) is 67.3. The number of nitrogens with two attached hydrogens (primary N) is 2. The van der Waals surface area contributed by atoms with Gasteiger partial charge < -0.3 is 79.3 Å². The smallest absolute Gasteiger partial charge is 0.246 e. The van der Waals surface area contributed by atoms with Crippen molar-refractivity contribution in [1.82, 2.24) is 72.7 Å². The zero-order valence-corrected chi connectivity index (χ0v) is 52.7. The SMILES string of the molecule is CC(C)C[C@@H]1NC(=O)[C@H](Cc2cnc[nH]2)NC(=O)[C@H](C(C)C)NC(=O)[C@H](Cc2ccc(O)cc2)NC(=O)[C@@H](CCC(N)=O)NC(=O)[C@H](CC(N)=O)NC(=O)[C@@H](Cc2ccccc2)NC(=O)[C@H](Cc2cnc[nH]2)NC(=O)[C@@H]2CSCN2C(=O)[C@@H](Cc2ccccc2)NC1=O. The summed E-state index contributed by atoms with van der Waals surface area (Å²) in [6.45, 7) is 6.83. The summed E-state index contributed by atoms with van der Waals surface area (Å²) in [6.07, 6.45) is 2.64. The number of benzene rings is 3. The Hall–Kier alpha value is -10.1. The van der Waals surface area contributed by atoms with Crippen molar-refractivity contribution in [1.29, 1.82) is 0 Å². The fraction of sp³-hybridized carbons (Fsp3) is 0.429. The summed E-state index contributed by atoms with van der Waals surface area (Å²) in [6, 6.07) is 7.67. The number of phenolic OH excluding ortho intramolecular Hbond substituents is 1. The minimum Gasteiger partial charge on any atom is -0.508 e. The molecule has 0 unspecified atom stereocenters. The van der Waals surface area contributed by atoms with Crippen molar-refractivity contribution in [2.75, 3.05) is 11.6 Å². The third-order valence-electron chi connectivity index (χ3n) is 15.5. The van der Waals surface area contributed by atoms with E-state index in [-0.39, 0.29) is 61.8 Å². The lowest BCUT2D eigenvalue weighted by molar-refractivity contribution is -0.142. The lowest BCUT2D eigenvalue weighted by Gasteiger charge is -2.31. The summed E-state index contributed by atoms with van der Waals surface area (Å²) < 4.78 is 0. The van der Waals surface area contributed by atoms with Gasteiger partial charge in [0.15, 0.2) is 0 Å². The number of nitrogens with zero attached hydrogens (tertiary/aromatic N) is 3. The van der Waals surface area contributed by atoms with Crippen LogP contribution in [0.4, 0.5) is 0 Å². The largest absolute Gasteiger partial charge is 0.508 e. The third-order valence-corrected chi connectivity index (χ3v) is 16.5. The number of aromatic amines is 2. The molecule has 3 aromatic carbocycles. The van der Waals surface area contributed by atoms with Gasteiger partial charge in [-0.25, -0.2) is 9.97 Å². The molecule has 10 atom stereocenters. The van der Waals surface area contributed by atoms with Crippen LogP contribution in [0.25, 0.3) is 0 Å². The molecule has 7 rings (SSSR count). The topological polar surface area (TPSA) is 446 Å². The molecule has 2 saturated heterocycles. The van der Waals surface area contributed by atoms with E-state index < -0.39 is 156 Å². The van der Waals surface area contributed by atoms with E-state index in [4.69, 9.17) is 11.5 Å². The van der Waals surface area contributed by atoms with Crippen LogP contribution in [0.3, 0.4) is 0 Å². The lowest BCUT2D eigenvalue weighted by Crippen LogP contribution is -2.62. The van der Waals surface area contributed by atoms with E-state index in [0.29, 0.717) is 28.1 Å². The molecule has 93 heavy (non-hydrogen) atoms. The van der Waals surface area contributed by atoms with Crippen molar-refractivity contribution in [3.05, 3.63) is 138 Å². The Balaban J connectivity index is 1.32. The van der Waals surface area contributed by atoms with Crippen LogP contribution in [0.5, 0.6) is 5.75 Å². The quantitative estimate of drug-likeness (QED) is 0.0473. The highest BCUT2D eigenvalue weighted by molar-refractivity contribution is 7.99. The predicted molar refractivity (Wildman–Crippen MR) is 339 cm³/mol. The number of rotatable bonds is 18. The number of carbonyl (C=O) groups is 12. The fourth-order valence-electron chi connectivity index (χ4n) is 10.5. The van der Waals surface area contributed by atoms with Gasteiger partial charge in [0.25, 0.3) is 0 Å². The van der Waals surface area contributed by atoms with E-state index in [2.05, 4.69) is 67.8 Å². The number of fused-ring (bicyclic) bond motifs is 1. The van der Waals surface area contributed by atoms with Gasteiger partial charge in [0, 0.05) is 68.1 Å². The molecule has 0 saturated carbocycles. The van der Waals surface area contributed by atoms with Crippen LogP contribution in [0, 0.1) is 11.8 Å². The second-order valence-corrected chi connectivity index (χ2v) is 24.7. The maximum atomic E-state index is 15.1. The average Bonchev–Trinajstić information content (AvgIpc) is 2.08. The number of carbonyl (C=O) groups excluding carboxylic acids is 12. The standard InChI is InChI=1S/C63H80N16O13S/c1-34(2)21-43-55(84)77-49(24-37-13-9-6-10-14-37)63(92)79-33-93-30-50(79)61(90)75-46(25-39-28-66-31-68-39)57(86)73-44(22-36-11-7-5-8-12-36)56(85)74-48(27-52(65)82)59(88)70-42(19-20-51(64)81)54(83)72-45(23-38-15-17-41(80)18-16-38)60(89)78-53(35(3)4)62(91)76-47(58(87)71-43)26-40-29-67-32-69-40/h5-18,28-29,31-32,34-35,42-50,53,80H,19-27,30,33H2,1-4H3,(H2,64,81)(H2,65,82)(H,66,68)(H,67,69)(H,70,88)(H,71,87)(H,72,83)(H,73,86)(H,74,85)(H,75,90)(H,76,91)(H,77,84)(H,78,89)/t42-,43+,44-,45+,46+,47+,48+,49-,50+,53+/m1/s1. The van der Waals surface area contributed by atoms with Crippen LogP contribution in [-0.2, 0) is 89.6 Å². The molecule has 5 aromatic rings. The molecular formula is C63H80N16O13S. The number of phenols is 1. The number of primary amides is 2. The molecule has 16 N–H and O–H groups in total. The molecule has 0 bridgehead atoms. The van der Waals surface area contributed by atoms with Crippen LogP contribution < -0.4 is 59.3 Å². The van der Waals surface area contributed by atoms with E-state index in [0.717, 1.165) is 0 Å². The van der Waals surface area contributed by atoms with Crippen LogP contribution in [0.2, 0.25) is 0 Å². The Morgan fingerprint density at radius 1 is 0.505 bits per heavy atom. The maximum Gasteiger partial charge on any atom is 0.246 e. The monoisotopic (exact) mass is 1300 g/mol. The molecule has 2 fully saturated rings. The van der Waals surface area contributed by atoms with E-state index >= 15 is 4.79 Å². The number of amides is 12. The van der Waals surface area contributed by atoms with Gasteiger partial charge in [-0.2, -0.15) is 0 Å². The van der Waals surface area contributed by atoms with Crippen LogP contribution in [0.1, 0.15) is 81.5 Å². The summed E-state index contributed by atoms with van der Waals surface area (Å²) in [5.41, 5.74) is 13.5. The first-order chi connectivity index (χ1) is 44.4. The van der Waals surface area contributed by atoms with Crippen molar-refractivity contribution < 1.29 is 62.6 Å². The number of imidazole rings is 2. The summed E-state index contributed by atoms with van der Waals surface area (Å²) in [5, 5.41) is 34.2. The Morgan fingerprint density at radius 3 is 1.42 bits per heavy atom. The number of hydrogen-bond acceptors (Lipinski definition) is 16. The molecule has 29 nitrogen and oxygen atoms in total. The van der Waals surface area contributed by atoms with Crippen LogP contribution in [0.15, 0.2) is 110 Å². The molecule has 30 heteroatoms. The minimum atomic E-state index is -1.87. The van der Waals surface area contributed by atoms with Crippen molar-refractivity contribution in [2.45, 2.75) is 146 Å². The van der Waals surface area contributed by atoms with E-state index in [9.17, 15) is 57.8 Å². The highest BCUT2D eigenvalue weighted by Gasteiger charge is 2.42. The molecule has 4 heterocycles. The molecule has 0 aliphatic carbocycles. The Bertz CT molecular complexity index is 3410.